The molecule has 1 aliphatic carbocycles. The lowest BCUT2D eigenvalue weighted by Crippen LogP contribution is -2.11. The molecule has 2 aromatic heterocycles. The van der Waals surface area contributed by atoms with E-state index in [1.807, 2.05) is 30.3 Å². The number of hydrogen-bond donors (Lipinski definition) is 2. The number of thiazole rings is 1. The van der Waals surface area contributed by atoms with E-state index in [2.05, 4.69) is 4.98 Å². The van der Waals surface area contributed by atoms with Crippen molar-refractivity contribution in [3.8, 4) is 27.9 Å². The molecule has 0 spiro atoms. The number of rotatable bonds is 7. The Morgan fingerprint density at radius 2 is 1.82 bits per heavy atom. The number of sulfonamides is 1. The Balaban J connectivity index is 1.65. The highest BCUT2D eigenvalue weighted by molar-refractivity contribution is 7.89. The van der Waals surface area contributed by atoms with Crippen molar-refractivity contribution < 1.29 is 23.1 Å². The van der Waals surface area contributed by atoms with E-state index in [1.165, 1.54) is 41.0 Å². The fraction of sp³-hybridized carbons (Fsp3) is 0.136. The number of carboxylic acids is 1. The maximum absolute atomic E-state index is 11.6. The molecule has 1 aliphatic rings. The van der Waals surface area contributed by atoms with Crippen LogP contribution in [0, 0.1) is 0 Å². The number of nitrogens with zero attached hydrogens (tertiary/aromatic N) is 3. The largest absolute Gasteiger partial charge is 0.476 e. The summed E-state index contributed by atoms with van der Waals surface area (Å²) in [4.78, 5) is 15.6. The third kappa shape index (κ3) is 4.25. The molecule has 5 rings (SSSR count). The van der Waals surface area contributed by atoms with Gasteiger partial charge >= 0.3 is 5.97 Å². The predicted octanol–water partition coefficient (Wildman–Crippen LogP) is 4.01. The summed E-state index contributed by atoms with van der Waals surface area (Å²) in [7, 11) is -3.82. The molecule has 0 amide bonds. The lowest BCUT2D eigenvalue weighted by Gasteiger charge is -2.10. The van der Waals surface area contributed by atoms with Crippen LogP contribution in [0.1, 0.15) is 34.9 Å². The number of ether oxygens (including phenoxy) is 1. The van der Waals surface area contributed by atoms with Gasteiger partial charge in [-0.1, -0.05) is 30.3 Å². The van der Waals surface area contributed by atoms with Gasteiger partial charge in [-0.3, -0.25) is 0 Å². The molecule has 4 aromatic rings. The standard InChI is InChI=1S/C22H18N4O5S2/c23-33(29,30)16-10-8-15(9-11-16)31-20-18(13-4-2-1-3-5-13)25-26(19(20)14-6-7-14)22-24-17(12-32-22)21(27)28/h1-5,8-12,14H,6-7H2,(H,27,28)(H2,23,29,30). The lowest BCUT2D eigenvalue weighted by atomic mass is 10.1. The molecule has 1 saturated carbocycles. The minimum atomic E-state index is -3.82. The molecule has 33 heavy (non-hydrogen) atoms. The summed E-state index contributed by atoms with van der Waals surface area (Å²) in [5.74, 6) is 0.0312. The number of carbonyl (C=O) groups is 1. The van der Waals surface area contributed by atoms with Crippen molar-refractivity contribution in [3.05, 3.63) is 71.4 Å². The van der Waals surface area contributed by atoms with Gasteiger partial charge in [-0.05, 0) is 37.1 Å². The smallest absolute Gasteiger partial charge is 0.355 e. The van der Waals surface area contributed by atoms with Gasteiger partial charge in [-0.15, -0.1) is 11.3 Å². The third-order valence-electron chi connectivity index (χ3n) is 5.15. The number of hydrogen-bond acceptors (Lipinski definition) is 7. The third-order valence-corrected chi connectivity index (χ3v) is 6.90. The topological polar surface area (TPSA) is 137 Å². The summed E-state index contributed by atoms with van der Waals surface area (Å²) < 4.78 is 31.1. The van der Waals surface area contributed by atoms with Gasteiger partial charge < -0.3 is 9.84 Å². The van der Waals surface area contributed by atoms with Crippen LogP contribution in [0.3, 0.4) is 0 Å². The maximum atomic E-state index is 11.6. The first-order valence-corrected chi connectivity index (χ1v) is 12.4. The normalized spacial score (nSPS) is 13.7. The first kappa shape index (κ1) is 21.3. The van der Waals surface area contributed by atoms with E-state index in [1.54, 1.807) is 4.68 Å². The van der Waals surface area contributed by atoms with Crippen LogP contribution in [0.4, 0.5) is 0 Å². The van der Waals surface area contributed by atoms with Crippen LogP contribution in [0.15, 0.2) is 64.9 Å². The second-order valence-corrected chi connectivity index (χ2v) is 9.95. The van der Waals surface area contributed by atoms with Crippen LogP contribution in [0.25, 0.3) is 16.4 Å². The van der Waals surface area contributed by atoms with Gasteiger partial charge in [-0.25, -0.2) is 28.0 Å². The second-order valence-electron chi connectivity index (χ2n) is 7.55. The van der Waals surface area contributed by atoms with Gasteiger partial charge in [-0.2, -0.15) is 5.10 Å². The molecule has 9 nitrogen and oxygen atoms in total. The molecule has 0 saturated heterocycles. The number of carboxylic acid groups (broad SMARTS) is 1. The highest BCUT2D eigenvalue weighted by atomic mass is 32.2. The fourth-order valence-corrected chi connectivity index (χ4v) is 4.71. The minimum absolute atomic E-state index is 0.0137. The lowest BCUT2D eigenvalue weighted by molar-refractivity contribution is 0.0691. The van der Waals surface area contributed by atoms with Crippen molar-refractivity contribution in [3.63, 3.8) is 0 Å². The Bertz CT molecular complexity index is 1440. The number of nitrogens with two attached hydrogens (primary N) is 1. The highest BCUT2D eigenvalue weighted by Gasteiger charge is 2.35. The first-order chi connectivity index (χ1) is 15.8. The van der Waals surface area contributed by atoms with Crippen LogP contribution in [0.5, 0.6) is 11.5 Å². The van der Waals surface area contributed by atoms with E-state index < -0.39 is 16.0 Å². The van der Waals surface area contributed by atoms with Gasteiger partial charge in [0.25, 0.3) is 0 Å². The summed E-state index contributed by atoms with van der Waals surface area (Å²) in [6.07, 6.45) is 1.88. The van der Waals surface area contributed by atoms with Crippen LogP contribution in [-0.4, -0.2) is 34.3 Å². The van der Waals surface area contributed by atoms with Crippen molar-refractivity contribution in [2.75, 3.05) is 0 Å². The summed E-state index contributed by atoms with van der Waals surface area (Å²) in [6, 6.07) is 15.3. The van der Waals surface area contributed by atoms with E-state index in [0.29, 0.717) is 22.3 Å². The van der Waals surface area contributed by atoms with Crippen molar-refractivity contribution in [1.82, 2.24) is 14.8 Å². The number of aromatic carboxylic acids is 1. The molecule has 0 aliphatic heterocycles. The monoisotopic (exact) mass is 482 g/mol. The van der Waals surface area contributed by atoms with Gasteiger partial charge in [0, 0.05) is 16.9 Å². The van der Waals surface area contributed by atoms with Crippen LogP contribution >= 0.6 is 11.3 Å². The molecular formula is C22H18N4O5S2. The Morgan fingerprint density at radius 3 is 2.39 bits per heavy atom. The van der Waals surface area contributed by atoms with E-state index in [9.17, 15) is 18.3 Å². The zero-order valence-electron chi connectivity index (χ0n) is 17.1. The fourth-order valence-electron chi connectivity index (χ4n) is 3.44. The summed E-state index contributed by atoms with van der Waals surface area (Å²) in [5.41, 5.74) is 2.16. The number of primary sulfonamides is 1. The molecule has 0 bridgehead atoms. The van der Waals surface area contributed by atoms with Gasteiger partial charge in [0.05, 0.1) is 10.6 Å². The number of aromatic nitrogens is 3. The zero-order chi connectivity index (χ0) is 23.2. The molecule has 2 aromatic carbocycles. The van der Waals surface area contributed by atoms with Crippen molar-refractivity contribution in [1.29, 1.82) is 0 Å². The average molecular weight is 483 g/mol. The van der Waals surface area contributed by atoms with Crippen molar-refractivity contribution in [2.45, 2.75) is 23.7 Å². The minimum Gasteiger partial charge on any atom is -0.476 e. The molecule has 11 heteroatoms. The second kappa shape index (κ2) is 8.10. The van der Waals surface area contributed by atoms with E-state index in [4.69, 9.17) is 15.0 Å². The van der Waals surface area contributed by atoms with E-state index in [-0.39, 0.29) is 16.5 Å². The molecule has 0 unspecified atom stereocenters. The Kier molecular flexibility index (Phi) is 5.23. The molecular weight excluding hydrogens is 464 g/mol. The van der Waals surface area contributed by atoms with Crippen molar-refractivity contribution >= 4 is 27.3 Å². The molecule has 168 valence electrons. The van der Waals surface area contributed by atoms with E-state index in [0.717, 1.165) is 24.1 Å². The molecule has 0 atom stereocenters. The average Bonchev–Trinajstić information content (AvgIpc) is 3.37. The van der Waals surface area contributed by atoms with Crippen LogP contribution in [-0.2, 0) is 10.0 Å². The summed E-state index contributed by atoms with van der Waals surface area (Å²) >= 11 is 1.19. The summed E-state index contributed by atoms with van der Waals surface area (Å²) in [5, 5.41) is 21.2. The van der Waals surface area contributed by atoms with Crippen molar-refractivity contribution in [2.24, 2.45) is 5.14 Å². The maximum Gasteiger partial charge on any atom is 0.355 e. The first-order valence-electron chi connectivity index (χ1n) is 9.99. The van der Waals surface area contributed by atoms with Crippen LogP contribution in [0.2, 0.25) is 0 Å². The summed E-state index contributed by atoms with van der Waals surface area (Å²) in [6.45, 7) is 0. The Hall–Kier alpha value is -3.54. The predicted molar refractivity (Wildman–Crippen MR) is 121 cm³/mol. The Morgan fingerprint density at radius 1 is 1.12 bits per heavy atom. The zero-order valence-corrected chi connectivity index (χ0v) is 18.7. The molecule has 2 heterocycles. The van der Waals surface area contributed by atoms with Crippen LogP contribution < -0.4 is 9.88 Å². The molecule has 3 N–H and O–H groups in total. The molecule has 0 radical (unpaired) electrons. The number of benzene rings is 2. The Labute approximate surface area is 193 Å². The molecule has 1 fully saturated rings. The van der Waals surface area contributed by atoms with Gasteiger partial charge in [0.2, 0.25) is 15.2 Å². The highest BCUT2D eigenvalue weighted by Crippen LogP contribution is 2.49. The quantitative estimate of drug-likeness (QED) is 0.406. The van der Waals surface area contributed by atoms with Gasteiger partial charge in [0.1, 0.15) is 11.4 Å². The van der Waals surface area contributed by atoms with Gasteiger partial charge in [0.15, 0.2) is 11.4 Å². The van der Waals surface area contributed by atoms with E-state index >= 15 is 0 Å². The SMILES string of the molecule is NS(=O)(=O)c1ccc(Oc2c(-c3ccccc3)nn(-c3nc(C(=O)O)cs3)c2C2CC2)cc1.